The van der Waals surface area contributed by atoms with Crippen molar-refractivity contribution in [1.29, 1.82) is 0 Å². The van der Waals surface area contributed by atoms with Gasteiger partial charge in [-0.15, -0.1) is 0 Å². The van der Waals surface area contributed by atoms with Crippen molar-refractivity contribution in [3.05, 3.63) is 72.3 Å². The molecule has 0 spiro atoms. The number of carbonyl (C=O) groups is 1. The summed E-state index contributed by atoms with van der Waals surface area (Å²) >= 11 is 0. The summed E-state index contributed by atoms with van der Waals surface area (Å²) < 4.78 is 41.4. The van der Waals surface area contributed by atoms with Crippen LogP contribution in [0.4, 0.5) is 10.1 Å². The number of hydrogen-bond acceptors (Lipinski definition) is 4. The van der Waals surface area contributed by atoms with Crippen LogP contribution in [0.2, 0.25) is 0 Å². The van der Waals surface area contributed by atoms with Gasteiger partial charge in [-0.3, -0.25) is 4.79 Å². The molecule has 3 aromatic rings. The van der Waals surface area contributed by atoms with Crippen LogP contribution in [0.1, 0.15) is 24.3 Å². The zero-order valence-corrected chi connectivity index (χ0v) is 16.1. The summed E-state index contributed by atoms with van der Waals surface area (Å²) in [5.74, 6) is -0.868. The number of aromatic nitrogens is 2. The molecular weight excluding hydrogens is 383 g/mol. The van der Waals surface area contributed by atoms with Crippen molar-refractivity contribution in [3.8, 4) is 5.69 Å². The predicted octanol–water partition coefficient (Wildman–Crippen LogP) is 2.95. The number of rotatable bonds is 6. The fraction of sp³-hybridized carbons (Fsp3) is 0.158. The number of nitrogens with zero attached hydrogens (tertiary/aromatic N) is 2. The molecule has 1 heterocycles. The molecule has 0 radical (unpaired) electrons. The van der Waals surface area contributed by atoms with Crippen LogP contribution >= 0.6 is 0 Å². The van der Waals surface area contributed by atoms with E-state index >= 15 is 0 Å². The van der Waals surface area contributed by atoms with Crippen molar-refractivity contribution in [2.24, 2.45) is 0 Å². The van der Waals surface area contributed by atoms with Crippen LogP contribution in [-0.2, 0) is 10.0 Å². The monoisotopic (exact) mass is 402 g/mol. The fourth-order valence-corrected chi connectivity index (χ4v) is 3.75. The number of halogens is 1. The summed E-state index contributed by atoms with van der Waals surface area (Å²) in [6.07, 6.45) is 1.55. The van der Waals surface area contributed by atoms with Crippen molar-refractivity contribution in [1.82, 2.24) is 14.5 Å². The second-order valence-electron chi connectivity index (χ2n) is 6.38. The molecule has 0 saturated carbocycles. The molecule has 1 amide bonds. The minimum Gasteiger partial charge on any atom is -0.321 e. The number of anilines is 1. The molecule has 1 aromatic heterocycles. The van der Waals surface area contributed by atoms with Crippen molar-refractivity contribution in [2.45, 2.75) is 24.8 Å². The Morgan fingerprint density at radius 1 is 1.11 bits per heavy atom. The van der Waals surface area contributed by atoms with Gasteiger partial charge in [0.25, 0.3) is 5.91 Å². The van der Waals surface area contributed by atoms with Gasteiger partial charge in [-0.1, -0.05) is 6.07 Å². The first kappa shape index (κ1) is 19.7. The maximum atomic E-state index is 13.3. The van der Waals surface area contributed by atoms with E-state index in [0.717, 1.165) is 0 Å². The molecule has 0 saturated heterocycles. The van der Waals surface area contributed by atoms with Gasteiger partial charge in [0.2, 0.25) is 10.0 Å². The Bertz CT molecular complexity index is 1090. The lowest BCUT2D eigenvalue weighted by Gasteiger charge is -2.10. The van der Waals surface area contributed by atoms with Crippen LogP contribution in [-0.4, -0.2) is 30.1 Å². The van der Waals surface area contributed by atoms with Crippen molar-refractivity contribution < 1.29 is 17.6 Å². The van der Waals surface area contributed by atoms with Gasteiger partial charge in [-0.05, 0) is 62.4 Å². The van der Waals surface area contributed by atoms with Crippen LogP contribution in [0.3, 0.4) is 0 Å². The number of nitrogens with one attached hydrogen (secondary N) is 2. The Kier molecular flexibility index (Phi) is 5.57. The number of benzene rings is 2. The maximum absolute atomic E-state index is 13.3. The van der Waals surface area contributed by atoms with Gasteiger partial charge in [-0.25, -0.2) is 22.2 Å². The van der Waals surface area contributed by atoms with E-state index < -0.39 is 21.7 Å². The zero-order valence-electron chi connectivity index (χ0n) is 15.3. The molecule has 0 fully saturated rings. The Morgan fingerprint density at radius 3 is 2.46 bits per heavy atom. The molecule has 7 nitrogen and oxygen atoms in total. The van der Waals surface area contributed by atoms with Gasteiger partial charge in [0.05, 0.1) is 10.6 Å². The number of sulfonamides is 1. The molecule has 0 aliphatic rings. The molecule has 0 aliphatic carbocycles. The zero-order chi connectivity index (χ0) is 20.3. The van der Waals surface area contributed by atoms with E-state index in [-0.39, 0.29) is 16.6 Å². The normalized spacial score (nSPS) is 11.6. The highest BCUT2D eigenvalue weighted by Gasteiger charge is 2.16. The van der Waals surface area contributed by atoms with E-state index in [1.165, 1.54) is 47.1 Å². The summed E-state index contributed by atoms with van der Waals surface area (Å²) in [5, 5.41) is 6.79. The Labute approximate surface area is 162 Å². The fourth-order valence-electron chi connectivity index (χ4n) is 2.50. The SMILES string of the molecule is CC(C)NS(=O)(=O)c1ccc(NC(=O)c2ccn(-c3cccc(F)c3)n2)cc1. The average Bonchev–Trinajstić information content (AvgIpc) is 3.11. The van der Waals surface area contributed by atoms with E-state index in [1.807, 2.05) is 0 Å². The number of carbonyl (C=O) groups excluding carboxylic acids is 1. The van der Waals surface area contributed by atoms with Crippen molar-refractivity contribution in [2.75, 3.05) is 5.32 Å². The van der Waals surface area contributed by atoms with E-state index in [1.54, 1.807) is 32.2 Å². The van der Waals surface area contributed by atoms with Gasteiger partial charge >= 0.3 is 0 Å². The molecule has 3 rings (SSSR count). The van der Waals surface area contributed by atoms with Crippen LogP contribution < -0.4 is 10.0 Å². The first-order valence-corrected chi connectivity index (χ1v) is 9.98. The van der Waals surface area contributed by atoms with Crippen LogP contribution in [0.25, 0.3) is 5.69 Å². The number of amides is 1. The summed E-state index contributed by atoms with van der Waals surface area (Å²) in [6.45, 7) is 3.46. The van der Waals surface area contributed by atoms with Crippen LogP contribution in [0, 0.1) is 5.82 Å². The molecule has 0 atom stereocenters. The third-order valence-corrected chi connectivity index (χ3v) is 5.38. The molecule has 146 valence electrons. The Morgan fingerprint density at radius 2 is 1.82 bits per heavy atom. The van der Waals surface area contributed by atoms with Crippen LogP contribution in [0.5, 0.6) is 0 Å². The molecule has 0 bridgehead atoms. The highest BCUT2D eigenvalue weighted by molar-refractivity contribution is 7.89. The van der Waals surface area contributed by atoms with Gasteiger partial charge in [0.15, 0.2) is 5.69 Å². The summed E-state index contributed by atoms with van der Waals surface area (Å²) in [5.41, 5.74) is 1.06. The van der Waals surface area contributed by atoms with E-state index in [2.05, 4.69) is 15.1 Å². The Hall–Kier alpha value is -3.04. The molecule has 2 aromatic carbocycles. The lowest BCUT2D eigenvalue weighted by atomic mass is 10.3. The predicted molar refractivity (Wildman–Crippen MR) is 103 cm³/mol. The second-order valence-corrected chi connectivity index (χ2v) is 8.09. The summed E-state index contributed by atoms with van der Waals surface area (Å²) in [7, 11) is -3.60. The Balaban J connectivity index is 1.72. The highest BCUT2D eigenvalue weighted by atomic mass is 32.2. The number of hydrogen-bond donors (Lipinski definition) is 2. The molecule has 0 aliphatic heterocycles. The lowest BCUT2D eigenvalue weighted by Crippen LogP contribution is -2.30. The average molecular weight is 402 g/mol. The molecule has 9 heteroatoms. The largest absolute Gasteiger partial charge is 0.321 e. The van der Waals surface area contributed by atoms with Gasteiger partial charge in [0.1, 0.15) is 5.82 Å². The quantitative estimate of drug-likeness (QED) is 0.663. The third kappa shape index (κ3) is 4.62. The minimum absolute atomic E-state index is 0.106. The second kappa shape index (κ2) is 7.91. The standard InChI is InChI=1S/C19H19FN4O3S/c1-13(2)23-28(26,27)17-8-6-15(7-9-17)21-19(25)18-10-11-24(22-18)16-5-3-4-14(20)12-16/h3-13,23H,1-2H3,(H,21,25). The molecular formula is C19H19FN4O3S. The van der Waals surface area contributed by atoms with Gasteiger partial charge < -0.3 is 5.32 Å². The molecule has 28 heavy (non-hydrogen) atoms. The third-order valence-electron chi connectivity index (χ3n) is 3.71. The van der Waals surface area contributed by atoms with Crippen LogP contribution in [0.15, 0.2) is 65.7 Å². The molecule has 0 unspecified atom stereocenters. The topological polar surface area (TPSA) is 93.1 Å². The smallest absolute Gasteiger partial charge is 0.276 e. The first-order chi connectivity index (χ1) is 13.2. The summed E-state index contributed by atoms with van der Waals surface area (Å²) in [4.78, 5) is 12.5. The van der Waals surface area contributed by atoms with Gasteiger partial charge in [0, 0.05) is 17.9 Å². The van der Waals surface area contributed by atoms with E-state index in [0.29, 0.717) is 11.4 Å². The van der Waals surface area contributed by atoms with E-state index in [4.69, 9.17) is 0 Å². The minimum atomic E-state index is -3.60. The molecule has 2 N–H and O–H groups in total. The highest BCUT2D eigenvalue weighted by Crippen LogP contribution is 2.16. The van der Waals surface area contributed by atoms with E-state index in [9.17, 15) is 17.6 Å². The van der Waals surface area contributed by atoms with Crippen molar-refractivity contribution >= 4 is 21.6 Å². The maximum Gasteiger partial charge on any atom is 0.276 e. The van der Waals surface area contributed by atoms with Gasteiger partial charge in [-0.2, -0.15) is 5.10 Å². The first-order valence-electron chi connectivity index (χ1n) is 8.50. The lowest BCUT2D eigenvalue weighted by molar-refractivity contribution is 0.102. The summed E-state index contributed by atoms with van der Waals surface area (Å²) in [6, 6.07) is 12.9. The van der Waals surface area contributed by atoms with Crippen molar-refractivity contribution in [3.63, 3.8) is 0 Å².